The molecule has 30 heavy (non-hydrogen) atoms. The Morgan fingerprint density at radius 2 is 1.70 bits per heavy atom. The molecule has 0 spiro atoms. The van der Waals surface area contributed by atoms with Gasteiger partial charge in [0.15, 0.2) is 6.10 Å². The van der Waals surface area contributed by atoms with Crippen LogP contribution in [0.2, 0.25) is 0 Å². The van der Waals surface area contributed by atoms with Crippen LogP contribution < -0.4 is 10.2 Å². The Morgan fingerprint density at radius 1 is 0.967 bits per heavy atom. The lowest BCUT2D eigenvalue weighted by molar-refractivity contribution is -0.124. The number of aryl methyl sites for hydroxylation is 2. The number of carbonyl (C=O) groups is 4. The van der Waals surface area contributed by atoms with Gasteiger partial charge in [-0.15, -0.1) is 0 Å². The average molecular weight is 406 g/mol. The SMILES string of the molecule is C[C@H](OC(=O)c1cccc(N2C(=O)CCC2=O)c1)C(=O)Nc1ccc2c(c1)CCC2. The molecule has 1 heterocycles. The van der Waals surface area contributed by atoms with Gasteiger partial charge in [-0.2, -0.15) is 0 Å². The van der Waals surface area contributed by atoms with Gasteiger partial charge in [-0.1, -0.05) is 12.1 Å². The van der Waals surface area contributed by atoms with Crippen LogP contribution >= 0.6 is 0 Å². The summed E-state index contributed by atoms with van der Waals surface area (Å²) in [6.45, 7) is 1.50. The van der Waals surface area contributed by atoms with Gasteiger partial charge in [-0.05, 0) is 67.6 Å². The summed E-state index contributed by atoms with van der Waals surface area (Å²) in [7, 11) is 0. The molecule has 0 aromatic heterocycles. The van der Waals surface area contributed by atoms with Crippen molar-refractivity contribution in [2.75, 3.05) is 10.2 Å². The lowest BCUT2D eigenvalue weighted by Gasteiger charge is -2.16. The molecule has 2 aliphatic rings. The molecule has 1 atom stereocenters. The topological polar surface area (TPSA) is 92.8 Å². The number of nitrogens with zero attached hydrogens (tertiary/aromatic N) is 1. The van der Waals surface area contributed by atoms with Crippen LogP contribution in [0.25, 0.3) is 0 Å². The van der Waals surface area contributed by atoms with Crippen LogP contribution in [-0.2, 0) is 32.0 Å². The third-order valence-electron chi connectivity index (χ3n) is 5.41. The molecule has 3 amide bonds. The summed E-state index contributed by atoms with van der Waals surface area (Å²) in [4.78, 5) is 49.9. The highest BCUT2D eigenvalue weighted by atomic mass is 16.5. The van der Waals surface area contributed by atoms with Gasteiger partial charge < -0.3 is 10.1 Å². The number of carbonyl (C=O) groups excluding carboxylic acids is 4. The number of nitrogens with one attached hydrogen (secondary N) is 1. The van der Waals surface area contributed by atoms with E-state index in [2.05, 4.69) is 5.32 Å². The number of rotatable bonds is 5. The van der Waals surface area contributed by atoms with Gasteiger partial charge in [0.2, 0.25) is 11.8 Å². The van der Waals surface area contributed by atoms with Crippen molar-refractivity contribution in [2.24, 2.45) is 0 Å². The Kier molecular flexibility index (Phi) is 5.35. The van der Waals surface area contributed by atoms with E-state index < -0.39 is 18.0 Å². The number of benzene rings is 2. The first-order chi connectivity index (χ1) is 14.4. The number of hydrogen-bond donors (Lipinski definition) is 1. The van der Waals surface area contributed by atoms with Crippen molar-refractivity contribution >= 4 is 35.1 Å². The van der Waals surface area contributed by atoms with E-state index in [4.69, 9.17) is 4.74 Å². The number of ether oxygens (including phenoxy) is 1. The van der Waals surface area contributed by atoms with Gasteiger partial charge in [0.05, 0.1) is 11.3 Å². The summed E-state index contributed by atoms with van der Waals surface area (Å²) >= 11 is 0. The van der Waals surface area contributed by atoms with Crippen LogP contribution in [0, 0.1) is 0 Å². The van der Waals surface area contributed by atoms with E-state index in [0.29, 0.717) is 11.4 Å². The lowest BCUT2D eigenvalue weighted by Crippen LogP contribution is -2.30. The monoisotopic (exact) mass is 406 g/mol. The van der Waals surface area contributed by atoms with Crippen LogP contribution in [0.15, 0.2) is 42.5 Å². The molecule has 0 radical (unpaired) electrons. The predicted molar refractivity (Wildman–Crippen MR) is 110 cm³/mol. The van der Waals surface area contributed by atoms with E-state index >= 15 is 0 Å². The lowest BCUT2D eigenvalue weighted by atomic mass is 10.1. The molecule has 1 saturated heterocycles. The molecule has 4 rings (SSSR count). The largest absolute Gasteiger partial charge is 0.449 e. The van der Waals surface area contributed by atoms with Crippen LogP contribution in [0.4, 0.5) is 11.4 Å². The molecular formula is C23H22N2O5. The highest BCUT2D eigenvalue weighted by Gasteiger charge is 2.31. The van der Waals surface area contributed by atoms with E-state index in [1.165, 1.54) is 30.2 Å². The molecule has 0 unspecified atom stereocenters. The van der Waals surface area contributed by atoms with Gasteiger partial charge >= 0.3 is 5.97 Å². The molecule has 2 aromatic rings. The number of imide groups is 1. The molecular weight excluding hydrogens is 384 g/mol. The van der Waals surface area contributed by atoms with Gasteiger partial charge in [0, 0.05) is 18.5 Å². The van der Waals surface area contributed by atoms with Crippen molar-refractivity contribution in [1.82, 2.24) is 0 Å². The van der Waals surface area contributed by atoms with Crippen molar-refractivity contribution < 1.29 is 23.9 Å². The first-order valence-corrected chi connectivity index (χ1v) is 10.0. The first-order valence-electron chi connectivity index (χ1n) is 10.0. The summed E-state index contributed by atoms with van der Waals surface area (Å²) in [5.41, 5.74) is 3.71. The zero-order valence-electron chi connectivity index (χ0n) is 16.6. The Labute approximate surface area is 174 Å². The second-order valence-corrected chi connectivity index (χ2v) is 7.55. The number of esters is 1. The number of fused-ring (bicyclic) bond motifs is 1. The third kappa shape index (κ3) is 3.96. The van der Waals surface area contributed by atoms with Gasteiger partial charge in [-0.3, -0.25) is 19.3 Å². The van der Waals surface area contributed by atoms with Crippen LogP contribution in [0.1, 0.15) is 47.7 Å². The van der Waals surface area contributed by atoms with Gasteiger partial charge in [-0.25, -0.2) is 4.79 Å². The third-order valence-corrected chi connectivity index (χ3v) is 5.41. The molecule has 1 aliphatic carbocycles. The van der Waals surface area contributed by atoms with Crippen LogP contribution in [0.5, 0.6) is 0 Å². The molecule has 1 N–H and O–H groups in total. The van der Waals surface area contributed by atoms with Crippen molar-refractivity contribution in [3.63, 3.8) is 0 Å². The van der Waals surface area contributed by atoms with Gasteiger partial charge in [0.1, 0.15) is 0 Å². The highest BCUT2D eigenvalue weighted by Crippen LogP contribution is 2.26. The van der Waals surface area contributed by atoms with Crippen LogP contribution in [-0.4, -0.2) is 29.8 Å². The number of amides is 3. The molecule has 2 aromatic carbocycles. The maximum absolute atomic E-state index is 12.5. The normalized spacial score (nSPS) is 16.4. The summed E-state index contributed by atoms with van der Waals surface area (Å²) in [5.74, 6) is -1.73. The fourth-order valence-electron chi connectivity index (χ4n) is 3.81. The summed E-state index contributed by atoms with van der Waals surface area (Å²) in [6, 6.07) is 11.9. The summed E-state index contributed by atoms with van der Waals surface area (Å²) in [5, 5.41) is 2.78. The van der Waals surface area contributed by atoms with E-state index in [9.17, 15) is 19.2 Å². The first kappa shape index (κ1) is 19.8. The average Bonchev–Trinajstić information content (AvgIpc) is 3.33. The smallest absolute Gasteiger partial charge is 0.338 e. The van der Waals surface area contributed by atoms with E-state index in [0.717, 1.165) is 24.2 Å². The predicted octanol–water partition coefficient (Wildman–Crippen LogP) is 3.01. The minimum absolute atomic E-state index is 0.160. The van der Waals surface area contributed by atoms with Gasteiger partial charge in [0.25, 0.3) is 5.91 Å². The summed E-state index contributed by atoms with van der Waals surface area (Å²) in [6.07, 6.45) is 2.49. The highest BCUT2D eigenvalue weighted by molar-refractivity contribution is 6.20. The number of anilines is 2. The molecule has 1 fully saturated rings. The quantitative estimate of drug-likeness (QED) is 0.609. The Hall–Kier alpha value is -3.48. The fourth-order valence-corrected chi connectivity index (χ4v) is 3.81. The van der Waals surface area contributed by atoms with Crippen molar-refractivity contribution in [1.29, 1.82) is 0 Å². The molecule has 0 saturated carbocycles. The standard InChI is InChI=1S/C23H22N2O5/c1-14(22(28)24-18-9-8-15-4-2-5-16(15)12-18)30-23(29)17-6-3-7-19(13-17)25-20(26)10-11-21(25)27/h3,6-9,12-14H,2,4-5,10-11H2,1H3,(H,24,28)/t14-/m0/s1. The maximum atomic E-state index is 12.5. The zero-order valence-corrected chi connectivity index (χ0v) is 16.6. The molecule has 154 valence electrons. The molecule has 7 nitrogen and oxygen atoms in total. The zero-order chi connectivity index (χ0) is 21.3. The van der Waals surface area contributed by atoms with Crippen molar-refractivity contribution in [3.8, 4) is 0 Å². The number of hydrogen-bond acceptors (Lipinski definition) is 5. The Morgan fingerprint density at radius 3 is 2.47 bits per heavy atom. The second-order valence-electron chi connectivity index (χ2n) is 7.55. The van der Waals surface area contributed by atoms with E-state index in [1.54, 1.807) is 12.1 Å². The minimum Gasteiger partial charge on any atom is -0.449 e. The molecule has 0 bridgehead atoms. The van der Waals surface area contributed by atoms with E-state index in [1.807, 2.05) is 18.2 Å². The van der Waals surface area contributed by atoms with Crippen molar-refractivity contribution in [2.45, 2.75) is 45.1 Å². The Balaban J connectivity index is 1.41. The fraction of sp³-hybridized carbons (Fsp3) is 0.304. The summed E-state index contributed by atoms with van der Waals surface area (Å²) < 4.78 is 5.30. The Bertz CT molecular complexity index is 1030. The van der Waals surface area contributed by atoms with E-state index in [-0.39, 0.29) is 30.2 Å². The minimum atomic E-state index is -1.01. The van der Waals surface area contributed by atoms with Crippen LogP contribution in [0.3, 0.4) is 0 Å². The maximum Gasteiger partial charge on any atom is 0.338 e. The molecule has 1 aliphatic heterocycles. The molecule has 7 heteroatoms. The van der Waals surface area contributed by atoms with Crippen molar-refractivity contribution in [3.05, 3.63) is 59.2 Å². The second kappa shape index (κ2) is 8.10.